The monoisotopic (exact) mass is 222 g/mol. The van der Waals surface area contributed by atoms with Crippen LogP contribution in [0.15, 0.2) is 11.1 Å². The minimum atomic E-state index is -0.431. The summed E-state index contributed by atoms with van der Waals surface area (Å²) in [4.78, 5) is 32.2. The highest BCUT2D eigenvalue weighted by Gasteiger charge is 2.09. The van der Waals surface area contributed by atoms with Crippen LogP contribution in [0.4, 0.5) is 5.95 Å². The first-order valence-corrected chi connectivity index (χ1v) is 4.57. The van der Waals surface area contributed by atoms with Gasteiger partial charge in [0.05, 0.1) is 6.33 Å². The van der Waals surface area contributed by atoms with E-state index < -0.39 is 11.5 Å². The van der Waals surface area contributed by atoms with Crippen molar-refractivity contribution in [2.45, 2.75) is 13.0 Å². The zero-order chi connectivity index (χ0) is 11.7. The molecule has 0 fully saturated rings. The number of hydrogen-bond donors (Lipinski definition) is 3. The molecule has 0 aliphatic rings. The molecule has 0 bridgehead atoms. The van der Waals surface area contributed by atoms with Crippen molar-refractivity contribution in [3.8, 4) is 0 Å². The third kappa shape index (κ3) is 1.72. The van der Waals surface area contributed by atoms with E-state index in [-0.39, 0.29) is 17.9 Å². The predicted octanol–water partition coefficient (Wildman–Crippen LogP) is -1.42. The molecule has 0 aliphatic heterocycles. The molecular weight excluding hydrogens is 212 g/mol. The number of nitrogens with one attached hydrogen (secondary N) is 1. The maximum Gasteiger partial charge on any atom is 0.280 e. The standard InChI is InChI=1S/C8H10N6O2/c9-4(15)1-2-14-3-11-5-6(14)12-8(10)13-7(5)16/h3H,1-2H2,(H2,9,15)(H3,10,12,13,16). The van der Waals surface area contributed by atoms with Gasteiger partial charge in [-0.2, -0.15) is 4.98 Å². The lowest BCUT2D eigenvalue weighted by Crippen LogP contribution is -2.15. The summed E-state index contributed by atoms with van der Waals surface area (Å²) in [6.07, 6.45) is 1.58. The van der Waals surface area contributed by atoms with E-state index in [1.807, 2.05) is 0 Å². The van der Waals surface area contributed by atoms with Crippen LogP contribution in [0, 0.1) is 0 Å². The van der Waals surface area contributed by atoms with Gasteiger partial charge in [-0.25, -0.2) is 4.98 Å². The van der Waals surface area contributed by atoms with E-state index in [4.69, 9.17) is 11.5 Å². The molecule has 0 unspecified atom stereocenters. The highest BCUT2D eigenvalue weighted by atomic mass is 16.1. The Kier molecular flexibility index (Phi) is 2.31. The Labute approximate surface area is 89.3 Å². The van der Waals surface area contributed by atoms with Crippen molar-refractivity contribution in [3.05, 3.63) is 16.7 Å². The minimum absolute atomic E-state index is 0.0123. The van der Waals surface area contributed by atoms with Crippen LogP contribution in [-0.2, 0) is 11.3 Å². The lowest BCUT2D eigenvalue weighted by molar-refractivity contribution is -0.118. The molecule has 0 aliphatic carbocycles. The number of aryl methyl sites for hydroxylation is 1. The second-order valence-corrected chi connectivity index (χ2v) is 3.28. The van der Waals surface area contributed by atoms with E-state index >= 15 is 0 Å². The largest absolute Gasteiger partial charge is 0.370 e. The van der Waals surface area contributed by atoms with E-state index in [1.165, 1.54) is 6.33 Å². The SMILES string of the molecule is NC(=O)CCn1cnc2c(=O)[nH]c(N)nc21. The molecule has 5 N–H and O–H groups in total. The minimum Gasteiger partial charge on any atom is -0.370 e. The molecular formula is C8H10N6O2. The zero-order valence-electron chi connectivity index (χ0n) is 8.30. The van der Waals surface area contributed by atoms with Crippen molar-refractivity contribution >= 4 is 23.0 Å². The maximum absolute atomic E-state index is 11.4. The number of aromatic nitrogens is 4. The second-order valence-electron chi connectivity index (χ2n) is 3.28. The van der Waals surface area contributed by atoms with Gasteiger partial charge in [-0.05, 0) is 0 Å². The van der Waals surface area contributed by atoms with Crippen LogP contribution in [0.1, 0.15) is 6.42 Å². The first-order chi connectivity index (χ1) is 7.58. The summed E-state index contributed by atoms with van der Waals surface area (Å²) < 4.78 is 1.56. The number of amides is 1. The van der Waals surface area contributed by atoms with Gasteiger partial charge in [-0.1, -0.05) is 0 Å². The highest BCUT2D eigenvalue weighted by molar-refractivity contribution is 5.74. The average Bonchev–Trinajstić information content (AvgIpc) is 2.58. The predicted molar refractivity (Wildman–Crippen MR) is 56.4 cm³/mol. The second kappa shape index (κ2) is 3.65. The number of aromatic amines is 1. The van der Waals surface area contributed by atoms with E-state index in [2.05, 4.69) is 15.0 Å². The summed E-state index contributed by atoms with van der Waals surface area (Å²) in [6.45, 7) is 0.321. The van der Waals surface area contributed by atoms with E-state index in [1.54, 1.807) is 4.57 Å². The smallest absolute Gasteiger partial charge is 0.280 e. The topological polar surface area (TPSA) is 133 Å². The summed E-state index contributed by atoms with van der Waals surface area (Å²) in [5, 5.41) is 0. The Morgan fingerprint density at radius 3 is 3.00 bits per heavy atom. The number of rotatable bonds is 3. The molecule has 84 valence electrons. The van der Waals surface area contributed by atoms with Gasteiger partial charge in [-0.3, -0.25) is 14.6 Å². The van der Waals surface area contributed by atoms with Crippen LogP contribution in [0.25, 0.3) is 11.2 Å². The van der Waals surface area contributed by atoms with Gasteiger partial charge >= 0.3 is 0 Å². The Bertz CT molecular complexity index is 598. The van der Waals surface area contributed by atoms with Crippen molar-refractivity contribution in [3.63, 3.8) is 0 Å². The van der Waals surface area contributed by atoms with E-state index in [0.717, 1.165) is 0 Å². The van der Waals surface area contributed by atoms with E-state index in [0.29, 0.717) is 12.2 Å². The first-order valence-electron chi connectivity index (χ1n) is 4.57. The number of nitrogens with zero attached hydrogens (tertiary/aromatic N) is 3. The Hall–Kier alpha value is -2.38. The molecule has 2 rings (SSSR count). The average molecular weight is 222 g/mol. The Balaban J connectivity index is 2.47. The molecule has 2 aromatic rings. The Morgan fingerprint density at radius 1 is 1.56 bits per heavy atom. The number of H-pyrrole nitrogens is 1. The normalized spacial score (nSPS) is 10.8. The van der Waals surface area contributed by atoms with Gasteiger partial charge in [0.15, 0.2) is 11.2 Å². The quantitative estimate of drug-likeness (QED) is 0.586. The van der Waals surface area contributed by atoms with Gasteiger partial charge in [0.2, 0.25) is 11.9 Å². The molecule has 2 aromatic heterocycles. The molecule has 0 aromatic carbocycles. The lowest BCUT2D eigenvalue weighted by Gasteiger charge is -2.00. The molecule has 2 heterocycles. The number of carbonyl (C=O) groups excluding carboxylic acids is 1. The van der Waals surface area contributed by atoms with Crippen LogP contribution >= 0.6 is 0 Å². The number of carbonyl (C=O) groups is 1. The van der Waals surface area contributed by atoms with Crippen LogP contribution < -0.4 is 17.0 Å². The summed E-state index contributed by atoms with van der Waals surface area (Å²) in [6, 6.07) is 0. The molecule has 0 saturated heterocycles. The summed E-state index contributed by atoms with van der Waals surface area (Å²) >= 11 is 0. The van der Waals surface area contributed by atoms with Crippen LogP contribution in [0.5, 0.6) is 0 Å². The fraction of sp³-hybridized carbons (Fsp3) is 0.250. The molecule has 0 spiro atoms. The van der Waals surface area contributed by atoms with Crippen LogP contribution in [0.3, 0.4) is 0 Å². The molecule has 1 amide bonds. The molecule has 16 heavy (non-hydrogen) atoms. The third-order valence-corrected chi connectivity index (χ3v) is 2.09. The van der Waals surface area contributed by atoms with Crippen molar-refractivity contribution in [1.82, 2.24) is 19.5 Å². The summed E-state index contributed by atoms with van der Waals surface area (Å²) in [7, 11) is 0. The fourth-order valence-corrected chi connectivity index (χ4v) is 1.37. The number of nitrogen functional groups attached to an aromatic ring is 1. The van der Waals surface area contributed by atoms with Crippen LogP contribution in [-0.4, -0.2) is 25.4 Å². The van der Waals surface area contributed by atoms with Gasteiger partial charge in [0.1, 0.15) is 0 Å². The number of primary amides is 1. The fourth-order valence-electron chi connectivity index (χ4n) is 1.37. The Morgan fingerprint density at radius 2 is 2.31 bits per heavy atom. The summed E-state index contributed by atoms with van der Waals surface area (Å²) in [5.41, 5.74) is 10.6. The molecule has 0 saturated carbocycles. The van der Waals surface area contributed by atoms with Crippen molar-refractivity contribution in [1.29, 1.82) is 0 Å². The summed E-state index contributed by atoms with van der Waals surface area (Å²) in [5.74, 6) is -0.419. The molecule has 8 heteroatoms. The van der Waals surface area contributed by atoms with Gasteiger partial charge in [-0.15, -0.1) is 0 Å². The van der Waals surface area contributed by atoms with Gasteiger partial charge in [0.25, 0.3) is 5.56 Å². The first kappa shape index (κ1) is 10.1. The van der Waals surface area contributed by atoms with Gasteiger partial charge < -0.3 is 16.0 Å². The van der Waals surface area contributed by atoms with Crippen molar-refractivity contribution in [2.24, 2.45) is 5.73 Å². The number of imidazole rings is 1. The number of fused-ring (bicyclic) bond motifs is 1. The number of anilines is 1. The molecule has 0 atom stereocenters. The van der Waals surface area contributed by atoms with E-state index in [9.17, 15) is 9.59 Å². The maximum atomic E-state index is 11.4. The number of hydrogen-bond acceptors (Lipinski definition) is 5. The van der Waals surface area contributed by atoms with Crippen molar-refractivity contribution < 1.29 is 4.79 Å². The third-order valence-electron chi connectivity index (χ3n) is 2.09. The zero-order valence-corrected chi connectivity index (χ0v) is 8.30. The van der Waals surface area contributed by atoms with Crippen LogP contribution in [0.2, 0.25) is 0 Å². The van der Waals surface area contributed by atoms with Gasteiger partial charge in [0, 0.05) is 13.0 Å². The van der Waals surface area contributed by atoms with Crippen molar-refractivity contribution in [2.75, 3.05) is 5.73 Å². The molecule has 0 radical (unpaired) electrons. The molecule has 8 nitrogen and oxygen atoms in total. The highest BCUT2D eigenvalue weighted by Crippen LogP contribution is 2.06. The number of nitrogens with two attached hydrogens (primary N) is 2. The lowest BCUT2D eigenvalue weighted by atomic mass is 10.4.